The Hall–Kier alpha value is -1.57. The van der Waals surface area contributed by atoms with Gasteiger partial charge in [-0.15, -0.1) is 5.54 Å². The molecule has 0 aromatic heterocycles. The highest BCUT2D eigenvalue weighted by atomic mass is 28.3. The van der Waals surface area contributed by atoms with Gasteiger partial charge in [-0.05, 0) is 12.1 Å². The summed E-state index contributed by atoms with van der Waals surface area (Å²) in [5, 5.41) is 0. The van der Waals surface area contributed by atoms with E-state index in [2.05, 4.69) is 31.1 Å². The van der Waals surface area contributed by atoms with E-state index in [0.717, 1.165) is 11.1 Å². The van der Waals surface area contributed by atoms with E-state index in [4.69, 9.17) is 10.5 Å². The zero-order valence-corrected chi connectivity index (χ0v) is 12.3. The second-order valence-corrected chi connectivity index (χ2v) is 9.90. The minimum Gasteiger partial charge on any atom is -0.443 e. The number of nitrogens with two attached hydrogens (primary N) is 1. The van der Waals surface area contributed by atoms with Crippen LogP contribution in [-0.2, 0) is 9.53 Å². The zero-order chi connectivity index (χ0) is 13.8. The zero-order valence-electron chi connectivity index (χ0n) is 11.3. The lowest BCUT2D eigenvalue weighted by Gasteiger charge is -2.11. The van der Waals surface area contributed by atoms with E-state index in [9.17, 15) is 4.79 Å². The van der Waals surface area contributed by atoms with Crippen molar-refractivity contribution in [3.63, 3.8) is 0 Å². The first-order valence-corrected chi connectivity index (χ1v) is 9.34. The van der Waals surface area contributed by atoms with Crippen LogP contribution >= 0.6 is 0 Å². The number of hydrogen-bond acceptors (Lipinski definition) is 3. The number of benzene rings is 1. The van der Waals surface area contributed by atoms with Gasteiger partial charge in [-0.25, -0.2) is 0 Å². The van der Waals surface area contributed by atoms with Crippen LogP contribution in [0.5, 0.6) is 0 Å². The average molecular weight is 261 g/mol. The summed E-state index contributed by atoms with van der Waals surface area (Å²) in [5.41, 5.74) is 10.7. The molecule has 1 aromatic rings. The predicted molar refractivity (Wildman–Crippen MR) is 75.4 cm³/mol. The van der Waals surface area contributed by atoms with Crippen LogP contribution in [0.25, 0.3) is 0 Å². The van der Waals surface area contributed by atoms with Crippen molar-refractivity contribution >= 4 is 14.0 Å². The molecule has 0 saturated heterocycles. The SMILES string of the molecule is CC(=O)OC(N)c1ccc(C#C[Si](C)(C)C)cc1. The first kappa shape index (κ1) is 14.5. The molecule has 4 heteroatoms. The van der Waals surface area contributed by atoms with Gasteiger partial charge in [0.2, 0.25) is 0 Å². The van der Waals surface area contributed by atoms with E-state index in [-0.39, 0.29) is 5.97 Å². The topological polar surface area (TPSA) is 52.3 Å². The summed E-state index contributed by atoms with van der Waals surface area (Å²) in [5.74, 6) is 2.77. The minimum atomic E-state index is -1.35. The molecule has 0 fully saturated rings. The molecule has 0 spiro atoms. The van der Waals surface area contributed by atoms with E-state index in [1.54, 1.807) is 0 Å². The first-order valence-electron chi connectivity index (χ1n) is 5.84. The van der Waals surface area contributed by atoms with Gasteiger partial charge in [0.05, 0.1) is 0 Å². The van der Waals surface area contributed by atoms with Crippen molar-refractivity contribution in [2.75, 3.05) is 0 Å². The van der Waals surface area contributed by atoms with Crippen molar-refractivity contribution < 1.29 is 9.53 Å². The Labute approximate surface area is 109 Å². The van der Waals surface area contributed by atoms with E-state index >= 15 is 0 Å². The van der Waals surface area contributed by atoms with E-state index in [0.29, 0.717) is 0 Å². The summed E-state index contributed by atoms with van der Waals surface area (Å²) in [4.78, 5) is 10.8. The summed E-state index contributed by atoms with van der Waals surface area (Å²) in [6.45, 7) is 7.94. The maximum Gasteiger partial charge on any atom is 0.304 e. The monoisotopic (exact) mass is 261 g/mol. The van der Waals surface area contributed by atoms with E-state index in [1.165, 1.54) is 6.92 Å². The maximum absolute atomic E-state index is 10.8. The van der Waals surface area contributed by atoms with Gasteiger partial charge < -0.3 is 4.74 Å². The lowest BCUT2D eigenvalue weighted by Crippen LogP contribution is -2.17. The third-order valence-electron chi connectivity index (χ3n) is 2.11. The second-order valence-electron chi connectivity index (χ2n) is 5.15. The van der Waals surface area contributed by atoms with Crippen LogP contribution in [0.3, 0.4) is 0 Å². The van der Waals surface area contributed by atoms with Crippen LogP contribution in [0.1, 0.15) is 24.3 Å². The van der Waals surface area contributed by atoms with Crippen molar-refractivity contribution in [1.82, 2.24) is 0 Å². The highest BCUT2D eigenvalue weighted by molar-refractivity contribution is 6.83. The summed E-state index contributed by atoms with van der Waals surface area (Å²) >= 11 is 0. The molecule has 1 atom stereocenters. The molecule has 1 rings (SSSR count). The molecule has 0 aliphatic carbocycles. The molecule has 1 unspecified atom stereocenters. The molecule has 96 valence electrons. The van der Waals surface area contributed by atoms with Crippen LogP contribution in [0.15, 0.2) is 24.3 Å². The molecule has 0 saturated carbocycles. The van der Waals surface area contributed by atoms with Crippen LogP contribution < -0.4 is 5.73 Å². The number of ether oxygens (including phenoxy) is 1. The summed E-state index contributed by atoms with van der Waals surface area (Å²) < 4.78 is 4.90. The number of esters is 1. The number of carbonyl (C=O) groups is 1. The molecular formula is C14H19NO2Si. The predicted octanol–water partition coefficient (Wildman–Crippen LogP) is 2.44. The average Bonchev–Trinajstić information content (AvgIpc) is 2.25. The first-order chi connectivity index (χ1) is 8.28. The van der Waals surface area contributed by atoms with Crippen molar-refractivity contribution in [1.29, 1.82) is 0 Å². The summed E-state index contributed by atoms with van der Waals surface area (Å²) in [6, 6.07) is 7.46. The Balaban J connectivity index is 2.79. The van der Waals surface area contributed by atoms with Gasteiger partial charge in [-0.1, -0.05) is 37.7 Å². The molecule has 0 aliphatic heterocycles. The Morgan fingerprint density at radius 3 is 2.28 bits per heavy atom. The van der Waals surface area contributed by atoms with Crippen molar-refractivity contribution in [3.8, 4) is 11.5 Å². The fourth-order valence-electron chi connectivity index (χ4n) is 1.26. The van der Waals surface area contributed by atoms with E-state index in [1.807, 2.05) is 24.3 Å². The molecule has 0 amide bonds. The van der Waals surface area contributed by atoms with Crippen molar-refractivity contribution in [2.24, 2.45) is 5.73 Å². The van der Waals surface area contributed by atoms with Crippen LogP contribution in [0, 0.1) is 11.5 Å². The summed E-state index contributed by atoms with van der Waals surface area (Å²) in [6.07, 6.45) is -0.707. The molecule has 3 nitrogen and oxygen atoms in total. The maximum atomic E-state index is 10.8. The van der Waals surface area contributed by atoms with Gasteiger partial charge in [0.15, 0.2) is 6.23 Å². The summed E-state index contributed by atoms with van der Waals surface area (Å²) in [7, 11) is -1.35. The van der Waals surface area contributed by atoms with Crippen molar-refractivity contribution in [3.05, 3.63) is 35.4 Å². The van der Waals surface area contributed by atoms with Crippen LogP contribution in [-0.4, -0.2) is 14.0 Å². The lowest BCUT2D eigenvalue weighted by atomic mass is 10.1. The van der Waals surface area contributed by atoms with Gasteiger partial charge in [-0.3, -0.25) is 10.5 Å². The number of rotatable bonds is 2. The standard InChI is InChI=1S/C14H19NO2Si/c1-11(16)17-14(15)13-7-5-12(6-8-13)9-10-18(2,3)4/h5-8,14H,15H2,1-4H3. The Morgan fingerprint density at radius 2 is 1.83 bits per heavy atom. The quantitative estimate of drug-likeness (QED) is 0.385. The molecule has 0 radical (unpaired) electrons. The normalized spacial score (nSPS) is 12.3. The third-order valence-corrected chi connectivity index (χ3v) is 2.99. The molecule has 2 N–H and O–H groups in total. The Morgan fingerprint density at radius 1 is 1.28 bits per heavy atom. The largest absolute Gasteiger partial charge is 0.443 e. The number of hydrogen-bond donors (Lipinski definition) is 1. The second kappa shape index (κ2) is 5.85. The van der Waals surface area contributed by atoms with Gasteiger partial charge in [0.25, 0.3) is 0 Å². The van der Waals surface area contributed by atoms with Gasteiger partial charge in [0, 0.05) is 18.1 Å². The third kappa shape index (κ3) is 5.17. The minimum absolute atomic E-state index is 0.384. The molecular weight excluding hydrogens is 242 g/mol. The van der Waals surface area contributed by atoms with Gasteiger partial charge in [-0.2, -0.15) is 0 Å². The van der Waals surface area contributed by atoms with Crippen LogP contribution in [0.4, 0.5) is 0 Å². The van der Waals surface area contributed by atoms with Crippen molar-refractivity contribution in [2.45, 2.75) is 32.8 Å². The molecule has 1 aromatic carbocycles. The Kier molecular flexibility index (Phi) is 4.71. The van der Waals surface area contributed by atoms with E-state index < -0.39 is 14.3 Å². The number of carbonyl (C=O) groups excluding carboxylic acids is 1. The lowest BCUT2D eigenvalue weighted by molar-refractivity contribution is -0.146. The Bertz CT molecular complexity index is 477. The molecule has 0 aliphatic rings. The smallest absolute Gasteiger partial charge is 0.304 e. The fraction of sp³-hybridized carbons (Fsp3) is 0.357. The molecule has 18 heavy (non-hydrogen) atoms. The molecule has 0 heterocycles. The van der Waals surface area contributed by atoms with Crippen LogP contribution in [0.2, 0.25) is 19.6 Å². The molecule has 0 bridgehead atoms. The highest BCUT2D eigenvalue weighted by Gasteiger charge is 2.09. The fourth-order valence-corrected chi connectivity index (χ4v) is 1.78. The van der Waals surface area contributed by atoms with Gasteiger partial charge >= 0.3 is 5.97 Å². The van der Waals surface area contributed by atoms with Gasteiger partial charge in [0.1, 0.15) is 8.07 Å². The highest BCUT2D eigenvalue weighted by Crippen LogP contribution is 2.12.